The molecule has 196 valence electrons. The van der Waals surface area contributed by atoms with E-state index in [2.05, 4.69) is 20.4 Å². The first kappa shape index (κ1) is 27.4. The van der Waals surface area contributed by atoms with Crippen molar-refractivity contribution in [2.24, 2.45) is 0 Å². The Morgan fingerprint density at radius 2 is 1.94 bits per heavy atom. The quantitative estimate of drug-likeness (QED) is 0.184. The Labute approximate surface area is 215 Å². The van der Waals surface area contributed by atoms with E-state index in [0.29, 0.717) is 34.1 Å². The van der Waals surface area contributed by atoms with Crippen molar-refractivity contribution < 1.29 is 38.2 Å². The van der Waals surface area contributed by atoms with Gasteiger partial charge in [0.15, 0.2) is 17.8 Å². The van der Waals surface area contributed by atoms with Gasteiger partial charge in [0.2, 0.25) is 5.28 Å². The minimum absolute atomic E-state index is 0.0441. The van der Waals surface area contributed by atoms with Crippen LogP contribution in [0.3, 0.4) is 0 Å². The normalized spacial score (nSPS) is 22.1. The number of benzene rings is 1. The molecule has 0 saturated carbocycles. The van der Waals surface area contributed by atoms with Crippen LogP contribution >= 0.6 is 38.4 Å². The minimum Gasteiger partial charge on any atom is -0.390 e. The summed E-state index contributed by atoms with van der Waals surface area (Å²) in [5.41, 5.74) is 1.74. The highest BCUT2D eigenvalue weighted by molar-refractivity contribution is 7.70. The highest BCUT2D eigenvalue weighted by Gasteiger charge is 2.39. The monoisotopic (exact) mass is 581 g/mol. The first-order valence-corrected chi connectivity index (χ1v) is 14.9. The maximum atomic E-state index is 11.9. The Balaban J connectivity index is 1.53. The summed E-state index contributed by atoms with van der Waals surface area (Å²) in [5.74, 6) is -0.917. The fourth-order valence-corrected chi connectivity index (χ4v) is 6.74. The van der Waals surface area contributed by atoms with Crippen molar-refractivity contribution >= 4 is 55.2 Å². The summed E-state index contributed by atoms with van der Waals surface area (Å²) in [6.07, 6.45) is -2.95. The van der Waals surface area contributed by atoms with Crippen LogP contribution in [-0.2, 0) is 24.9 Å². The Morgan fingerprint density at radius 1 is 1.22 bits per heavy atom. The van der Waals surface area contributed by atoms with Gasteiger partial charge in [0, 0.05) is 18.0 Å². The van der Waals surface area contributed by atoms with E-state index in [1.165, 1.54) is 4.68 Å². The van der Waals surface area contributed by atoms with Gasteiger partial charge in [0.1, 0.15) is 11.9 Å². The molecule has 2 aromatic heterocycles. The van der Waals surface area contributed by atoms with Crippen LogP contribution in [0.25, 0.3) is 11.0 Å². The maximum Gasteiger partial charge on any atom is 0.340 e. The summed E-state index contributed by atoms with van der Waals surface area (Å²) < 4.78 is 35.0. The van der Waals surface area contributed by atoms with Crippen molar-refractivity contribution in [2.75, 3.05) is 17.8 Å². The van der Waals surface area contributed by atoms with E-state index < -0.39 is 46.1 Å². The topological polar surface area (TPSA) is 189 Å². The van der Waals surface area contributed by atoms with E-state index in [1.54, 1.807) is 13.0 Å². The summed E-state index contributed by atoms with van der Waals surface area (Å²) >= 11 is 12.4. The Kier molecular flexibility index (Phi) is 8.09. The van der Waals surface area contributed by atoms with Gasteiger partial charge in [-0.3, -0.25) is 9.13 Å². The number of nitrogens with zero attached hydrogens (tertiary/aromatic N) is 4. The number of anilines is 1. The molecule has 3 heterocycles. The largest absolute Gasteiger partial charge is 0.390 e. The van der Waals surface area contributed by atoms with E-state index >= 15 is 0 Å². The van der Waals surface area contributed by atoms with Crippen LogP contribution in [0, 0.1) is 6.92 Å². The van der Waals surface area contributed by atoms with Gasteiger partial charge < -0.3 is 34.4 Å². The molecule has 4 atom stereocenters. The van der Waals surface area contributed by atoms with Crippen LogP contribution in [0.4, 0.5) is 5.82 Å². The smallest absolute Gasteiger partial charge is 0.340 e. The molecule has 17 heteroatoms. The van der Waals surface area contributed by atoms with Gasteiger partial charge in [-0.15, -0.1) is 0 Å². The second-order valence-electron chi connectivity index (χ2n) is 8.19. The predicted octanol–water partition coefficient (Wildman–Crippen LogP) is 3.04. The number of aromatic nitrogens is 4. The lowest BCUT2D eigenvalue weighted by Gasteiger charge is -2.18. The van der Waals surface area contributed by atoms with Crippen LogP contribution in [0.15, 0.2) is 24.3 Å². The molecule has 0 spiro atoms. The van der Waals surface area contributed by atoms with Crippen LogP contribution in [0.2, 0.25) is 10.3 Å². The van der Waals surface area contributed by atoms with E-state index in [4.69, 9.17) is 42.2 Å². The Morgan fingerprint density at radius 3 is 2.64 bits per heavy atom. The average molecular weight is 582 g/mol. The van der Waals surface area contributed by atoms with Crippen LogP contribution in [-0.4, -0.2) is 64.3 Å². The number of hydrogen-bond acceptors (Lipinski definition) is 9. The van der Waals surface area contributed by atoms with Gasteiger partial charge in [0.05, 0.1) is 23.8 Å². The second-order valence-corrected chi connectivity index (χ2v) is 12.9. The van der Waals surface area contributed by atoms with Crippen molar-refractivity contribution in [1.82, 2.24) is 19.7 Å². The Bertz CT molecular complexity index is 1370. The number of nitrogens with one attached hydrogen (secondary N) is 1. The van der Waals surface area contributed by atoms with Gasteiger partial charge in [-0.25, -0.2) is 4.68 Å². The molecule has 1 fully saturated rings. The third kappa shape index (κ3) is 6.43. The molecule has 1 aromatic carbocycles. The summed E-state index contributed by atoms with van der Waals surface area (Å²) in [7, 11) is -9.38. The molecule has 1 aliphatic rings. The molecule has 0 bridgehead atoms. The van der Waals surface area contributed by atoms with E-state index in [-0.39, 0.29) is 11.7 Å². The van der Waals surface area contributed by atoms with E-state index in [0.717, 1.165) is 5.56 Å². The van der Waals surface area contributed by atoms with E-state index in [1.807, 2.05) is 18.2 Å². The lowest BCUT2D eigenvalue weighted by molar-refractivity contribution is -0.0435. The molecular formula is C19H23Cl2N5O8P2. The highest BCUT2D eigenvalue weighted by Crippen LogP contribution is 2.55. The fraction of sp³-hybridized carbons (Fsp3) is 0.421. The van der Waals surface area contributed by atoms with Gasteiger partial charge in [0.25, 0.3) is 0 Å². The molecule has 1 saturated heterocycles. The third-order valence-corrected chi connectivity index (χ3v) is 9.38. The number of rotatable bonds is 9. The number of aliphatic hydroxyl groups excluding tert-OH is 1. The summed E-state index contributed by atoms with van der Waals surface area (Å²) in [6.45, 7) is 1.54. The van der Waals surface area contributed by atoms with Gasteiger partial charge in [-0.1, -0.05) is 29.8 Å². The SMILES string of the molecule is Cc1nn([C@H]2C[C@H](O)[C@@H](COP(=O)(O)CP(=O)(O)O)O2)c2nc(Cl)nc(NCc3ccccc3Cl)c12. The minimum atomic E-state index is -4.78. The fourth-order valence-electron chi connectivity index (χ4n) is 3.81. The van der Waals surface area contributed by atoms with Crippen molar-refractivity contribution in [2.45, 2.75) is 38.3 Å². The van der Waals surface area contributed by atoms with Crippen molar-refractivity contribution in [3.05, 3.63) is 45.8 Å². The lowest BCUT2D eigenvalue weighted by atomic mass is 10.2. The molecule has 5 N–H and O–H groups in total. The van der Waals surface area contributed by atoms with E-state index in [9.17, 15) is 19.1 Å². The zero-order valence-electron chi connectivity index (χ0n) is 18.7. The molecule has 3 aromatic rings. The first-order valence-electron chi connectivity index (χ1n) is 10.6. The number of halogens is 2. The molecule has 1 aliphatic heterocycles. The first-order chi connectivity index (χ1) is 16.8. The van der Waals surface area contributed by atoms with Crippen molar-refractivity contribution in [1.29, 1.82) is 0 Å². The molecule has 13 nitrogen and oxygen atoms in total. The zero-order chi connectivity index (χ0) is 26.3. The second kappa shape index (κ2) is 10.6. The maximum absolute atomic E-state index is 11.9. The molecule has 1 unspecified atom stereocenters. The summed E-state index contributed by atoms with van der Waals surface area (Å²) in [6, 6.07) is 7.33. The number of aliphatic hydroxyl groups is 1. The molecular weight excluding hydrogens is 559 g/mol. The number of fused-ring (bicyclic) bond motifs is 1. The molecule has 0 amide bonds. The van der Waals surface area contributed by atoms with Gasteiger partial charge in [-0.05, 0) is 30.2 Å². The Hall–Kier alpha value is -1.63. The molecule has 4 rings (SSSR count). The van der Waals surface area contributed by atoms with Gasteiger partial charge in [-0.2, -0.15) is 15.1 Å². The van der Waals surface area contributed by atoms with Crippen LogP contribution < -0.4 is 5.32 Å². The lowest BCUT2D eigenvalue weighted by Crippen LogP contribution is -2.26. The van der Waals surface area contributed by atoms with Crippen molar-refractivity contribution in [3.8, 4) is 0 Å². The molecule has 36 heavy (non-hydrogen) atoms. The third-order valence-electron chi connectivity index (χ3n) is 5.38. The van der Waals surface area contributed by atoms with Crippen molar-refractivity contribution in [3.63, 3.8) is 0 Å². The number of hydrogen-bond donors (Lipinski definition) is 5. The number of aryl methyl sites for hydroxylation is 1. The standard InChI is InChI=1S/C19H23Cl2N5O8P2/c1-10-16-17(22-7-11-4-2-3-5-12(11)20)23-19(21)24-18(16)26(25-10)15-6-13(27)14(34-15)8-33-36(31,32)9-35(28,29)30/h2-5,13-15,27H,6-9H2,1H3,(H,31,32)(H,22,23,24)(H2,28,29,30)/t13-,14+,15+/m0/s1. The summed E-state index contributed by atoms with van der Waals surface area (Å²) in [4.78, 5) is 36.1. The average Bonchev–Trinajstić information content (AvgIpc) is 3.29. The zero-order valence-corrected chi connectivity index (χ0v) is 22.0. The predicted molar refractivity (Wildman–Crippen MR) is 131 cm³/mol. The highest BCUT2D eigenvalue weighted by atomic mass is 35.5. The van der Waals surface area contributed by atoms with Crippen LogP contribution in [0.1, 0.15) is 23.9 Å². The van der Waals surface area contributed by atoms with Crippen LogP contribution in [0.5, 0.6) is 0 Å². The molecule has 0 radical (unpaired) electrons. The number of ether oxygens (including phenoxy) is 1. The molecule has 0 aliphatic carbocycles. The van der Waals surface area contributed by atoms with Gasteiger partial charge >= 0.3 is 15.2 Å². The summed E-state index contributed by atoms with van der Waals surface area (Å²) in [5, 5.41) is 19.2.